The van der Waals surface area contributed by atoms with Crippen LogP contribution in [0.15, 0.2) is 91.3 Å². The smallest absolute Gasteiger partial charge is 0.361 e. The summed E-state index contributed by atoms with van der Waals surface area (Å²) in [7, 11) is 0. The van der Waals surface area contributed by atoms with Crippen molar-refractivity contribution in [1.29, 1.82) is 0 Å². The van der Waals surface area contributed by atoms with Crippen molar-refractivity contribution in [2.45, 2.75) is 6.04 Å². The largest absolute Gasteiger partial charge is 0.451 e. The molecule has 0 radical (unpaired) electrons. The fraction of sp³-hybridized carbons (Fsp3) is 0.0769. The summed E-state index contributed by atoms with van der Waals surface area (Å²) >= 11 is 0. The average molecular weight is 451 g/mol. The van der Waals surface area contributed by atoms with Crippen molar-refractivity contribution < 1.29 is 14.3 Å². The van der Waals surface area contributed by atoms with Gasteiger partial charge in [0.25, 0.3) is 5.91 Å². The second-order valence-corrected chi connectivity index (χ2v) is 7.74. The molecule has 8 nitrogen and oxygen atoms in total. The van der Waals surface area contributed by atoms with Gasteiger partial charge in [0.1, 0.15) is 0 Å². The number of esters is 1. The van der Waals surface area contributed by atoms with Gasteiger partial charge in [0.2, 0.25) is 0 Å². The molecule has 34 heavy (non-hydrogen) atoms. The van der Waals surface area contributed by atoms with E-state index in [-0.39, 0.29) is 17.6 Å². The van der Waals surface area contributed by atoms with Crippen molar-refractivity contribution in [1.82, 2.24) is 20.4 Å². The summed E-state index contributed by atoms with van der Waals surface area (Å²) in [5.74, 6) is -1.28. The molecule has 0 fully saturated rings. The van der Waals surface area contributed by atoms with Gasteiger partial charge in [-0.2, -0.15) is 0 Å². The van der Waals surface area contributed by atoms with Crippen molar-refractivity contribution in [2.24, 2.45) is 0 Å². The van der Waals surface area contributed by atoms with E-state index in [2.05, 4.69) is 27.5 Å². The van der Waals surface area contributed by atoms with E-state index in [4.69, 9.17) is 10.5 Å². The molecule has 0 spiro atoms. The number of anilines is 1. The summed E-state index contributed by atoms with van der Waals surface area (Å²) < 4.78 is 5.19. The number of ether oxygens (including phenoxy) is 1. The van der Waals surface area contributed by atoms with Crippen LogP contribution in [0.1, 0.15) is 27.7 Å². The number of hydrazine groups is 1. The number of rotatable bonds is 5. The molecule has 4 aromatic rings. The predicted octanol–water partition coefficient (Wildman–Crippen LogP) is 3.50. The molecule has 1 aliphatic rings. The SMILES string of the molecule is Nc1nccnc1C(=O)OCC(=O)N1NC(c2ccc3ccccc3c2)=C[C@@H]1c1ccccc1. The number of carbonyl (C=O) groups excluding carboxylic acids is 2. The summed E-state index contributed by atoms with van der Waals surface area (Å²) in [6, 6.07) is 23.5. The molecule has 3 aromatic carbocycles. The zero-order valence-electron chi connectivity index (χ0n) is 18.1. The third-order valence-electron chi connectivity index (χ3n) is 5.56. The number of nitrogens with one attached hydrogen (secondary N) is 1. The Labute approximate surface area is 195 Å². The summed E-state index contributed by atoms with van der Waals surface area (Å²) in [5, 5.41) is 3.69. The lowest BCUT2D eigenvalue weighted by atomic mass is 10.0. The monoisotopic (exact) mass is 451 g/mol. The number of nitrogens with zero attached hydrogens (tertiary/aromatic N) is 3. The zero-order valence-corrected chi connectivity index (χ0v) is 18.1. The van der Waals surface area contributed by atoms with Crippen LogP contribution in [0.4, 0.5) is 5.82 Å². The lowest BCUT2D eigenvalue weighted by Crippen LogP contribution is -2.42. The van der Waals surface area contributed by atoms with Crippen molar-refractivity contribution in [3.63, 3.8) is 0 Å². The van der Waals surface area contributed by atoms with Gasteiger partial charge in [0.15, 0.2) is 18.1 Å². The highest BCUT2D eigenvalue weighted by Gasteiger charge is 2.31. The Balaban J connectivity index is 1.39. The first kappa shape index (κ1) is 21.1. The Morgan fingerprint density at radius 3 is 2.47 bits per heavy atom. The van der Waals surface area contributed by atoms with Gasteiger partial charge >= 0.3 is 5.97 Å². The predicted molar refractivity (Wildman–Crippen MR) is 128 cm³/mol. The summed E-state index contributed by atoms with van der Waals surface area (Å²) in [5.41, 5.74) is 11.4. The van der Waals surface area contributed by atoms with Crippen LogP contribution >= 0.6 is 0 Å². The first-order chi connectivity index (χ1) is 16.6. The number of hydrogen-bond donors (Lipinski definition) is 2. The van der Waals surface area contributed by atoms with Crippen molar-refractivity contribution >= 4 is 34.2 Å². The minimum atomic E-state index is -0.808. The van der Waals surface area contributed by atoms with Crippen molar-refractivity contribution in [2.75, 3.05) is 12.3 Å². The third kappa shape index (κ3) is 4.16. The third-order valence-corrected chi connectivity index (χ3v) is 5.56. The Bertz CT molecular complexity index is 1400. The van der Waals surface area contributed by atoms with E-state index in [1.54, 1.807) is 0 Å². The van der Waals surface area contributed by atoms with Crippen LogP contribution in [0, 0.1) is 0 Å². The number of benzene rings is 3. The van der Waals surface area contributed by atoms with Gasteiger partial charge < -0.3 is 10.5 Å². The van der Waals surface area contributed by atoms with Crippen LogP contribution in [0.3, 0.4) is 0 Å². The Morgan fingerprint density at radius 1 is 0.941 bits per heavy atom. The Hall–Kier alpha value is -4.72. The molecule has 1 aromatic heterocycles. The summed E-state index contributed by atoms with van der Waals surface area (Å²) in [6.07, 6.45) is 4.69. The highest BCUT2D eigenvalue weighted by atomic mass is 16.5. The highest BCUT2D eigenvalue weighted by Crippen LogP contribution is 2.32. The quantitative estimate of drug-likeness (QED) is 0.447. The van der Waals surface area contributed by atoms with Crippen LogP contribution in [0.25, 0.3) is 16.5 Å². The summed E-state index contributed by atoms with van der Waals surface area (Å²) in [6.45, 7) is -0.482. The molecule has 0 bridgehead atoms. The molecule has 1 amide bonds. The van der Waals surface area contributed by atoms with Crippen molar-refractivity contribution in [3.8, 4) is 0 Å². The second kappa shape index (κ2) is 9.03. The molecule has 168 valence electrons. The van der Waals surface area contributed by atoms with Crippen LogP contribution < -0.4 is 11.2 Å². The molecular weight excluding hydrogens is 430 g/mol. The number of amides is 1. The topological polar surface area (TPSA) is 110 Å². The number of fused-ring (bicyclic) bond motifs is 1. The lowest BCUT2D eigenvalue weighted by molar-refractivity contribution is -0.137. The second-order valence-electron chi connectivity index (χ2n) is 7.74. The molecule has 0 saturated carbocycles. The standard InChI is InChI=1S/C26H21N5O3/c27-25-24(28-12-13-29-25)26(33)34-16-23(32)31-22(18-7-2-1-3-8-18)15-21(30-31)20-11-10-17-6-4-5-9-19(17)14-20/h1-15,22,30H,16H2,(H2,27,29)/t22-/m1/s1. The van der Waals surface area contributed by atoms with E-state index >= 15 is 0 Å². The Kier molecular flexibility index (Phi) is 5.61. The molecular formula is C26H21N5O3. The van der Waals surface area contributed by atoms with E-state index in [0.717, 1.165) is 27.6 Å². The van der Waals surface area contributed by atoms with Crippen molar-refractivity contribution in [3.05, 3.63) is 108 Å². The molecule has 2 heterocycles. The molecule has 8 heteroatoms. The maximum Gasteiger partial charge on any atom is 0.361 e. The number of nitrogens with two attached hydrogens (primary N) is 1. The first-order valence-electron chi connectivity index (χ1n) is 10.7. The van der Waals surface area contributed by atoms with Crippen LogP contribution in [-0.2, 0) is 9.53 Å². The van der Waals surface area contributed by atoms with Gasteiger partial charge in [-0.1, -0.05) is 66.7 Å². The fourth-order valence-corrected chi connectivity index (χ4v) is 3.87. The van der Waals surface area contributed by atoms with E-state index in [0.29, 0.717) is 0 Å². The summed E-state index contributed by atoms with van der Waals surface area (Å²) in [4.78, 5) is 33.2. The minimum Gasteiger partial charge on any atom is -0.451 e. The zero-order chi connectivity index (χ0) is 23.5. The molecule has 3 N–H and O–H groups in total. The molecule has 1 atom stereocenters. The van der Waals surface area contributed by atoms with Gasteiger partial charge in [-0.25, -0.2) is 19.8 Å². The van der Waals surface area contributed by atoms with Crippen LogP contribution in [0.2, 0.25) is 0 Å². The average Bonchev–Trinajstić information content (AvgIpc) is 3.33. The van der Waals surface area contributed by atoms with E-state index < -0.39 is 18.5 Å². The van der Waals surface area contributed by atoms with E-state index in [1.165, 1.54) is 17.4 Å². The van der Waals surface area contributed by atoms with Crippen LogP contribution in [-0.4, -0.2) is 33.5 Å². The van der Waals surface area contributed by atoms with Gasteiger partial charge in [0.05, 0.1) is 11.7 Å². The maximum absolute atomic E-state index is 13.1. The molecule has 5 rings (SSSR count). The van der Waals surface area contributed by atoms with Gasteiger partial charge in [-0.05, 0) is 34.0 Å². The number of carbonyl (C=O) groups is 2. The number of hydrogen-bond acceptors (Lipinski definition) is 7. The molecule has 0 saturated heterocycles. The molecule has 0 aliphatic carbocycles. The Morgan fingerprint density at radius 2 is 1.68 bits per heavy atom. The number of aromatic nitrogens is 2. The fourth-order valence-electron chi connectivity index (χ4n) is 3.87. The first-order valence-corrected chi connectivity index (χ1v) is 10.7. The van der Waals surface area contributed by atoms with Gasteiger partial charge in [-0.15, -0.1) is 0 Å². The molecule has 0 unspecified atom stereocenters. The highest BCUT2D eigenvalue weighted by molar-refractivity contribution is 5.93. The van der Waals surface area contributed by atoms with E-state index in [9.17, 15) is 9.59 Å². The van der Waals surface area contributed by atoms with E-state index in [1.807, 2.05) is 66.7 Å². The van der Waals surface area contributed by atoms with Gasteiger partial charge in [-0.3, -0.25) is 10.2 Å². The van der Waals surface area contributed by atoms with Crippen LogP contribution in [0.5, 0.6) is 0 Å². The lowest BCUT2D eigenvalue weighted by Gasteiger charge is -2.25. The molecule has 1 aliphatic heterocycles. The minimum absolute atomic E-state index is 0.0540. The normalized spacial score (nSPS) is 15.0. The number of nitrogen functional groups attached to an aromatic ring is 1. The van der Waals surface area contributed by atoms with Gasteiger partial charge in [0, 0.05) is 12.4 Å². The maximum atomic E-state index is 13.1.